The summed E-state index contributed by atoms with van der Waals surface area (Å²) < 4.78 is 0. The molecule has 1 heterocycles. The Morgan fingerprint density at radius 1 is 1.41 bits per heavy atom. The minimum atomic E-state index is -0.252. The summed E-state index contributed by atoms with van der Waals surface area (Å²) in [5.41, 5.74) is 6.90. The Morgan fingerprint density at radius 2 is 2.18 bits per heavy atom. The van der Waals surface area contributed by atoms with Crippen molar-refractivity contribution < 1.29 is 9.59 Å². The first kappa shape index (κ1) is 11.6. The molecule has 1 unspecified atom stereocenters. The van der Waals surface area contributed by atoms with Crippen LogP contribution in [0.25, 0.3) is 0 Å². The zero-order valence-corrected chi connectivity index (χ0v) is 9.63. The lowest BCUT2D eigenvalue weighted by molar-refractivity contribution is -0.122. The number of carbonyl (C=O) groups excluding carboxylic acids is 2. The second-order valence-electron chi connectivity index (χ2n) is 4.36. The Balaban J connectivity index is 2.21. The number of benzene rings is 1. The van der Waals surface area contributed by atoms with Crippen LogP contribution in [-0.2, 0) is 4.79 Å². The fourth-order valence-corrected chi connectivity index (χ4v) is 2.30. The number of hydrogen-bond acceptors (Lipinski definition) is 3. The molecule has 1 fully saturated rings. The van der Waals surface area contributed by atoms with E-state index in [2.05, 4.69) is 4.90 Å². The van der Waals surface area contributed by atoms with Gasteiger partial charge < -0.3 is 10.6 Å². The molecule has 4 heteroatoms. The highest BCUT2D eigenvalue weighted by Gasteiger charge is 2.24. The quantitative estimate of drug-likeness (QED) is 0.796. The van der Waals surface area contributed by atoms with Crippen molar-refractivity contribution in [2.24, 2.45) is 11.7 Å². The Morgan fingerprint density at radius 3 is 2.88 bits per heavy atom. The first-order valence-electron chi connectivity index (χ1n) is 5.81. The molecular weight excluding hydrogens is 216 g/mol. The molecule has 17 heavy (non-hydrogen) atoms. The van der Waals surface area contributed by atoms with Gasteiger partial charge in [0.25, 0.3) is 0 Å². The number of rotatable bonds is 3. The number of hydrogen-bond donors (Lipinski definition) is 1. The molecule has 1 aliphatic rings. The van der Waals surface area contributed by atoms with Gasteiger partial charge in [0.05, 0.1) is 5.92 Å². The zero-order chi connectivity index (χ0) is 12.3. The van der Waals surface area contributed by atoms with E-state index >= 15 is 0 Å². The number of carbonyl (C=O) groups is 2. The van der Waals surface area contributed by atoms with Gasteiger partial charge in [-0.1, -0.05) is 12.1 Å². The summed E-state index contributed by atoms with van der Waals surface area (Å²) in [7, 11) is 0. The van der Waals surface area contributed by atoms with E-state index in [1.165, 1.54) is 0 Å². The van der Waals surface area contributed by atoms with Crippen LogP contribution in [-0.4, -0.2) is 25.3 Å². The number of nitrogens with two attached hydrogens (primary N) is 1. The van der Waals surface area contributed by atoms with Gasteiger partial charge in [0.15, 0.2) is 6.29 Å². The van der Waals surface area contributed by atoms with E-state index in [9.17, 15) is 9.59 Å². The van der Waals surface area contributed by atoms with Crippen molar-refractivity contribution in [3.05, 3.63) is 29.8 Å². The van der Waals surface area contributed by atoms with Gasteiger partial charge in [0.1, 0.15) is 0 Å². The average molecular weight is 232 g/mol. The molecule has 1 aromatic rings. The molecule has 1 saturated heterocycles. The van der Waals surface area contributed by atoms with Crippen molar-refractivity contribution in [2.75, 3.05) is 18.0 Å². The van der Waals surface area contributed by atoms with E-state index in [0.717, 1.165) is 31.4 Å². The highest BCUT2D eigenvalue weighted by molar-refractivity contribution is 5.85. The standard InChI is InChI=1S/C13H16N2O2/c14-13(17)10-5-3-7-15(8-10)12-6-2-1-4-11(12)9-16/h1-2,4,6,9-10H,3,5,7-8H2,(H2,14,17). The Hall–Kier alpha value is -1.84. The predicted octanol–water partition coefficient (Wildman–Crippen LogP) is 1.20. The number of anilines is 1. The summed E-state index contributed by atoms with van der Waals surface area (Å²) in [6.07, 6.45) is 2.62. The highest BCUT2D eigenvalue weighted by Crippen LogP contribution is 2.25. The monoisotopic (exact) mass is 232 g/mol. The molecule has 0 aromatic heterocycles. The van der Waals surface area contributed by atoms with Crippen molar-refractivity contribution in [3.8, 4) is 0 Å². The fraction of sp³-hybridized carbons (Fsp3) is 0.385. The molecule has 0 radical (unpaired) electrons. The van der Waals surface area contributed by atoms with Crippen molar-refractivity contribution in [1.29, 1.82) is 0 Å². The lowest BCUT2D eigenvalue weighted by Crippen LogP contribution is -2.41. The lowest BCUT2D eigenvalue weighted by Gasteiger charge is -2.33. The van der Waals surface area contributed by atoms with Crippen LogP contribution in [0.15, 0.2) is 24.3 Å². The molecule has 1 amide bonds. The number of nitrogens with zero attached hydrogens (tertiary/aromatic N) is 1. The topological polar surface area (TPSA) is 63.4 Å². The minimum absolute atomic E-state index is 0.108. The van der Waals surface area contributed by atoms with Crippen LogP contribution in [0, 0.1) is 5.92 Å². The molecule has 0 saturated carbocycles. The molecule has 1 aromatic carbocycles. The maximum atomic E-state index is 11.2. The number of primary amides is 1. The maximum absolute atomic E-state index is 11.2. The van der Waals surface area contributed by atoms with Crippen LogP contribution >= 0.6 is 0 Å². The van der Waals surface area contributed by atoms with Crippen molar-refractivity contribution in [3.63, 3.8) is 0 Å². The average Bonchev–Trinajstić information content (AvgIpc) is 2.39. The molecule has 4 nitrogen and oxygen atoms in total. The summed E-state index contributed by atoms with van der Waals surface area (Å²) in [5, 5.41) is 0. The van der Waals surface area contributed by atoms with Crippen molar-refractivity contribution in [1.82, 2.24) is 0 Å². The molecule has 1 atom stereocenters. The third-order valence-electron chi connectivity index (χ3n) is 3.23. The number of amides is 1. The Kier molecular flexibility index (Phi) is 3.42. The van der Waals surface area contributed by atoms with E-state index in [4.69, 9.17) is 5.73 Å². The van der Waals surface area contributed by atoms with Gasteiger partial charge in [-0.05, 0) is 25.0 Å². The van der Waals surface area contributed by atoms with Gasteiger partial charge in [-0.3, -0.25) is 9.59 Å². The van der Waals surface area contributed by atoms with E-state index in [0.29, 0.717) is 12.1 Å². The van der Waals surface area contributed by atoms with E-state index in [1.54, 1.807) is 6.07 Å². The molecule has 0 spiro atoms. The van der Waals surface area contributed by atoms with Crippen LogP contribution in [0.4, 0.5) is 5.69 Å². The van der Waals surface area contributed by atoms with Gasteiger partial charge in [0.2, 0.25) is 5.91 Å². The summed E-state index contributed by atoms with van der Waals surface area (Å²) in [6.45, 7) is 1.48. The van der Waals surface area contributed by atoms with Crippen molar-refractivity contribution in [2.45, 2.75) is 12.8 Å². The summed E-state index contributed by atoms with van der Waals surface area (Å²) in [5.74, 6) is -0.359. The van der Waals surface area contributed by atoms with Crippen LogP contribution in [0.5, 0.6) is 0 Å². The normalized spacial score (nSPS) is 20.0. The molecule has 1 aliphatic heterocycles. The van der Waals surface area contributed by atoms with Gasteiger partial charge >= 0.3 is 0 Å². The van der Waals surface area contributed by atoms with E-state index in [1.807, 2.05) is 18.2 Å². The summed E-state index contributed by atoms with van der Waals surface area (Å²) in [4.78, 5) is 24.3. The van der Waals surface area contributed by atoms with Crippen LogP contribution in [0.3, 0.4) is 0 Å². The summed E-state index contributed by atoms with van der Waals surface area (Å²) >= 11 is 0. The van der Waals surface area contributed by atoms with Gasteiger partial charge in [0, 0.05) is 24.3 Å². The Bertz CT molecular complexity index is 431. The smallest absolute Gasteiger partial charge is 0.222 e. The first-order chi connectivity index (χ1) is 8.22. The van der Waals surface area contributed by atoms with Gasteiger partial charge in [-0.15, -0.1) is 0 Å². The molecule has 2 N–H and O–H groups in total. The second kappa shape index (κ2) is 4.99. The molecule has 0 aliphatic carbocycles. The number of piperidine rings is 1. The summed E-state index contributed by atoms with van der Waals surface area (Å²) in [6, 6.07) is 7.43. The van der Waals surface area contributed by atoms with E-state index in [-0.39, 0.29) is 11.8 Å². The molecule has 0 bridgehead atoms. The lowest BCUT2D eigenvalue weighted by atomic mass is 9.96. The maximum Gasteiger partial charge on any atom is 0.222 e. The third-order valence-corrected chi connectivity index (χ3v) is 3.23. The van der Waals surface area contributed by atoms with Crippen LogP contribution in [0.1, 0.15) is 23.2 Å². The van der Waals surface area contributed by atoms with Crippen molar-refractivity contribution >= 4 is 17.9 Å². The van der Waals surface area contributed by atoms with Gasteiger partial charge in [-0.2, -0.15) is 0 Å². The molecular formula is C13H16N2O2. The van der Waals surface area contributed by atoms with Crippen LogP contribution < -0.4 is 10.6 Å². The number of para-hydroxylation sites is 1. The largest absolute Gasteiger partial charge is 0.370 e. The van der Waals surface area contributed by atoms with Gasteiger partial charge in [-0.25, -0.2) is 0 Å². The minimum Gasteiger partial charge on any atom is -0.370 e. The predicted molar refractivity (Wildman–Crippen MR) is 66.0 cm³/mol. The SMILES string of the molecule is NC(=O)C1CCCN(c2ccccc2C=O)C1. The molecule has 2 rings (SSSR count). The van der Waals surface area contributed by atoms with E-state index < -0.39 is 0 Å². The third kappa shape index (κ3) is 2.46. The highest BCUT2D eigenvalue weighted by atomic mass is 16.1. The second-order valence-corrected chi connectivity index (χ2v) is 4.36. The van der Waals surface area contributed by atoms with Crippen LogP contribution in [0.2, 0.25) is 0 Å². The first-order valence-corrected chi connectivity index (χ1v) is 5.81. The fourth-order valence-electron chi connectivity index (χ4n) is 2.30. The Labute approximate surface area is 100 Å². The zero-order valence-electron chi connectivity index (χ0n) is 9.63. The molecule has 90 valence electrons. The number of aldehydes is 1.